The molecule has 2 saturated carbocycles. The number of nitrogens with zero attached hydrogens (tertiary/aromatic N) is 2. The molecule has 11 nitrogen and oxygen atoms in total. The number of rotatable bonds is 6. The molecule has 0 radical (unpaired) electrons. The van der Waals surface area contributed by atoms with Crippen molar-refractivity contribution < 1.29 is 34.2 Å². The molecule has 2 fully saturated rings. The van der Waals surface area contributed by atoms with Gasteiger partial charge in [-0.3, -0.25) is 19.2 Å². The van der Waals surface area contributed by atoms with E-state index < -0.39 is 59.0 Å². The molecule has 0 aromatic rings. The number of hydrogen-bond acceptors (Lipinski definition) is 6. The van der Waals surface area contributed by atoms with Crippen molar-refractivity contribution in [3.05, 3.63) is 0 Å². The maximum absolute atomic E-state index is 12.8. The highest BCUT2D eigenvalue weighted by Crippen LogP contribution is 2.64. The van der Waals surface area contributed by atoms with Gasteiger partial charge < -0.3 is 15.9 Å². The molecule has 3 amide bonds. The number of carboxylic acids is 2. The SMILES string of the molecule is CCC(=O)N(NC(=O)[C@H](C)N)N(C(=O)CC)[C@@]1(C(=O)O)CC[C@H]2[C@H](C(=O)O)[C@H]21.Cl. The van der Waals surface area contributed by atoms with Crippen LogP contribution >= 0.6 is 12.4 Å². The van der Waals surface area contributed by atoms with E-state index in [1.165, 1.54) is 20.8 Å². The third kappa shape index (κ3) is 4.01. The Kier molecular flexibility index (Phi) is 7.61. The normalized spacial score (nSPS) is 27.7. The van der Waals surface area contributed by atoms with E-state index in [0.29, 0.717) is 5.12 Å². The summed E-state index contributed by atoms with van der Waals surface area (Å²) in [6.45, 7) is 4.35. The molecule has 0 aromatic carbocycles. The zero-order valence-corrected chi connectivity index (χ0v) is 17.3. The lowest BCUT2D eigenvalue weighted by atomic mass is 9.89. The Balaban J connectivity index is 0.00000420. The fourth-order valence-corrected chi connectivity index (χ4v) is 4.10. The highest BCUT2D eigenvalue weighted by Gasteiger charge is 2.75. The van der Waals surface area contributed by atoms with Gasteiger partial charge in [0.15, 0.2) is 5.54 Å². The first-order chi connectivity index (χ1) is 13.0. The number of halogens is 1. The molecule has 12 heteroatoms. The maximum Gasteiger partial charge on any atom is 0.332 e. The first kappa shape index (κ1) is 24.6. The first-order valence-corrected chi connectivity index (χ1v) is 9.22. The van der Waals surface area contributed by atoms with Gasteiger partial charge in [0.1, 0.15) is 0 Å². The Bertz CT molecular complexity index is 716. The van der Waals surface area contributed by atoms with Crippen molar-refractivity contribution >= 4 is 42.1 Å². The van der Waals surface area contributed by atoms with E-state index in [9.17, 15) is 34.2 Å². The van der Waals surface area contributed by atoms with Gasteiger partial charge in [-0.1, -0.05) is 13.8 Å². The van der Waals surface area contributed by atoms with E-state index >= 15 is 0 Å². The Hall–Kier alpha value is -2.40. The average molecular weight is 435 g/mol. The Morgan fingerprint density at radius 1 is 1.14 bits per heavy atom. The van der Waals surface area contributed by atoms with Crippen LogP contribution in [0.2, 0.25) is 0 Å². The molecule has 0 heterocycles. The summed E-state index contributed by atoms with van der Waals surface area (Å²) in [5.74, 6) is -6.93. The summed E-state index contributed by atoms with van der Waals surface area (Å²) in [6.07, 6.45) is -0.00384. The predicted molar refractivity (Wildman–Crippen MR) is 101 cm³/mol. The lowest BCUT2D eigenvalue weighted by molar-refractivity contribution is -0.201. The number of nitrogens with two attached hydrogens (primary N) is 1. The van der Waals surface area contributed by atoms with E-state index in [0.717, 1.165) is 5.01 Å². The van der Waals surface area contributed by atoms with Gasteiger partial charge in [0, 0.05) is 18.8 Å². The Labute approximate surface area is 173 Å². The van der Waals surface area contributed by atoms with Crippen LogP contribution in [0.1, 0.15) is 46.5 Å². The lowest BCUT2D eigenvalue weighted by Crippen LogP contribution is -2.70. The molecule has 0 bridgehead atoms. The molecule has 0 saturated heterocycles. The van der Waals surface area contributed by atoms with Crippen LogP contribution in [0.15, 0.2) is 0 Å². The van der Waals surface area contributed by atoms with Crippen LogP contribution in [0, 0.1) is 17.8 Å². The summed E-state index contributed by atoms with van der Waals surface area (Å²) in [7, 11) is 0. The van der Waals surface area contributed by atoms with Crippen molar-refractivity contribution in [1.82, 2.24) is 15.6 Å². The number of nitrogens with one attached hydrogen (secondary N) is 1. The molecule has 0 unspecified atom stereocenters. The van der Waals surface area contributed by atoms with E-state index in [1.807, 2.05) is 0 Å². The lowest BCUT2D eigenvalue weighted by Gasteiger charge is -2.45. The van der Waals surface area contributed by atoms with Crippen molar-refractivity contribution in [2.24, 2.45) is 23.5 Å². The predicted octanol–water partition coefficient (Wildman–Crippen LogP) is -0.257. The molecule has 0 aliphatic heterocycles. The smallest absolute Gasteiger partial charge is 0.332 e. The van der Waals surface area contributed by atoms with Crippen molar-refractivity contribution in [2.45, 2.75) is 58.0 Å². The second-order valence-electron chi connectivity index (χ2n) is 7.20. The van der Waals surface area contributed by atoms with Gasteiger partial charge >= 0.3 is 11.9 Å². The number of fused-ring (bicyclic) bond motifs is 1. The minimum absolute atomic E-state index is 0. The van der Waals surface area contributed by atoms with E-state index in [1.54, 1.807) is 0 Å². The molecule has 0 spiro atoms. The van der Waals surface area contributed by atoms with Gasteiger partial charge in [-0.25, -0.2) is 15.2 Å². The monoisotopic (exact) mass is 434 g/mol. The van der Waals surface area contributed by atoms with E-state index in [4.69, 9.17) is 5.73 Å². The molecular weight excluding hydrogens is 408 g/mol. The minimum Gasteiger partial charge on any atom is -0.481 e. The second kappa shape index (κ2) is 8.95. The molecule has 5 atom stereocenters. The van der Waals surface area contributed by atoms with Crippen molar-refractivity contribution in [1.29, 1.82) is 0 Å². The largest absolute Gasteiger partial charge is 0.481 e. The van der Waals surface area contributed by atoms with Gasteiger partial charge in [0.05, 0.1) is 12.0 Å². The topological polar surface area (TPSA) is 170 Å². The number of carboxylic acid groups (broad SMARTS) is 2. The molecule has 2 aliphatic rings. The summed E-state index contributed by atoms with van der Waals surface area (Å²) < 4.78 is 0. The van der Waals surface area contributed by atoms with Crippen molar-refractivity contribution in [3.8, 4) is 0 Å². The number of carbonyl (C=O) groups excluding carboxylic acids is 3. The van der Waals surface area contributed by atoms with Gasteiger partial charge in [0.25, 0.3) is 11.8 Å². The van der Waals surface area contributed by atoms with Crippen molar-refractivity contribution in [3.63, 3.8) is 0 Å². The highest BCUT2D eigenvalue weighted by molar-refractivity contribution is 5.93. The number of carbonyl (C=O) groups is 5. The molecule has 164 valence electrons. The molecule has 0 aromatic heterocycles. The average Bonchev–Trinajstić information content (AvgIpc) is 3.26. The molecule has 5 N–H and O–H groups in total. The Morgan fingerprint density at radius 3 is 2.07 bits per heavy atom. The highest BCUT2D eigenvalue weighted by atomic mass is 35.5. The maximum atomic E-state index is 12.8. The molecule has 2 rings (SSSR count). The number of aliphatic carboxylic acids is 2. The summed E-state index contributed by atoms with van der Waals surface area (Å²) in [5.41, 5.74) is 5.83. The quantitative estimate of drug-likeness (QED) is 0.414. The van der Waals surface area contributed by atoms with Gasteiger partial charge in [0.2, 0.25) is 5.91 Å². The molecular formula is C17H27ClN4O7. The third-order valence-electron chi connectivity index (χ3n) is 5.52. The Morgan fingerprint density at radius 2 is 1.69 bits per heavy atom. The van der Waals surface area contributed by atoms with Crippen LogP contribution in [0.25, 0.3) is 0 Å². The minimum atomic E-state index is -1.93. The fraction of sp³-hybridized carbons (Fsp3) is 0.706. The second-order valence-corrected chi connectivity index (χ2v) is 7.20. The van der Waals surface area contributed by atoms with Crippen LogP contribution in [0.3, 0.4) is 0 Å². The van der Waals surface area contributed by atoms with Crippen LogP contribution in [-0.2, 0) is 24.0 Å². The zero-order chi connectivity index (χ0) is 21.4. The van der Waals surface area contributed by atoms with Gasteiger partial charge in [-0.15, -0.1) is 12.4 Å². The van der Waals surface area contributed by atoms with E-state index in [-0.39, 0.29) is 38.1 Å². The van der Waals surface area contributed by atoms with Crippen LogP contribution in [-0.4, -0.2) is 61.6 Å². The fourth-order valence-electron chi connectivity index (χ4n) is 4.10. The third-order valence-corrected chi connectivity index (χ3v) is 5.52. The van der Waals surface area contributed by atoms with Crippen LogP contribution < -0.4 is 11.2 Å². The molecule has 2 aliphatic carbocycles. The number of hydrogen-bond donors (Lipinski definition) is 4. The van der Waals surface area contributed by atoms with Crippen LogP contribution in [0.4, 0.5) is 0 Å². The van der Waals surface area contributed by atoms with Gasteiger partial charge in [-0.05, 0) is 25.7 Å². The van der Waals surface area contributed by atoms with Crippen LogP contribution in [0.5, 0.6) is 0 Å². The summed E-state index contributed by atoms with van der Waals surface area (Å²) in [6, 6.07) is -1.02. The standard InChI is InChI=1S/C17H26N4O7.ClH/c1-4-10(22)20(21(11(23)5-2)19-14(24)8(3)18)17(16(27)28)7-6-9-12(13(9)17)15(25)26;/h8-9,12-13H,4-7,18H2,1-3H3,(H,19,24)(H,25,26)(H,27,28);1H/t8-,9-,12-,13-,17-;/m0./s1. The summed E-state index contributed by atoms with van der Waals surface area (Å²) in [5, 5.41) is 20.8. The summed E-state index contributed by atoms with van der Waals surface area (Å²) in [4.78, 5) is 61.4. The first-order valence-electron chi connectivity index (χ1n) is 9.22. The summed E-state index contributed by atoms with van der Waals surface area (Å²) >= 11 is 0. The zero-order valence-electron chi connectivity index (χ0n) is 16.5. The number of hydrazine groups is 2. The van der Waals surface area contributed by atoms with Gasteiger partial charge in [-0.2, -0.15) is 5.12 Å². The van der Waals surface area contributed by atoms with E-state index in [2.05, 4.69) is 5.43 Å². The van der Waals surface area contributed by atoms with Crippen molar-refractivity contribution in [2.75, 3.05) is 0 Å². The number of amides is 3. The molecule has 29 heavy (non-hydrogen) atoms.